The topological polar surface area (TPSA) is 126 Å². The molecule has 1 N–H and O–H groups in total. The van der Waals surface area contributed by atoms with Crippen LogP contribution in [0.2, 0.25) is 0 Å². The number of aromatic nitrogens is 2. The van der Waals surface area contributed by atoms with E-state index >= 15 is 0 Å². The molecule has 0 saturated carbocycles. The molecule has 0 radical (unpaired) electrons. The van der Waals surface area contributed by atoms with E-state index in [1.807, 2.05) is 12.1 Å². The van der Waals surface area contributed by atoms with Crippen molar-refractivity contribution in [3.8, 4) is 17.6 Å². The van der Waals surface area contributed by atoms with Crippen LogP contribution in [0.15, 0.2) is 71.9 Å². The van der Waals surface area contributed by atoms with Gasteiger partial charge in [-0.25, -0.2) is 18.2 Å². The van der Waals surface area contributed by atoms with Crippen LogP contribution in [-0.4, -0.2) is 56.6 Å². The van der Waals surface area contributed by atoms with Crippen molar-refractivity contribution in [2.75, 3.05) is 25.0 Å². The van der Waals surface area contributed by atoms with Crippen molar-refractivity contribution < 1.29 is 32.2 Å². The predicted octanol–water partition coefficient (Wildman–Crippen LogP) is 4.46. The Kier molecular flexibility index (Phi) is 8.13. The fourth-order valence-electron chi connectivity index (χ4n) is 4.47. The van der Waals surface area contributed by atoms with Crippen LogP contribution in [0.5, 0.6) is 5.75 Å². The van der Waals surface area contributed by atoms with E-state index in [2.05, 4.69) is 26.5 Å². The molecule has 1 aliphatic heterocycles. The summed E-state index contributed by atoms with van der Waals surface area (Å²) in [6, 6.07) is 15.4. The van der Waals surface area contributed by atoms with Crippen LogP contribution >= 0.6 is 0 Å². The van der Waals surface area contributed by atoms with Crippen molar-refractivity contribution in [2.45, 2.75) is 37.6 Å². The lowest BCUT2D eigenvalue weighted by molar-refractivity contribution is -0.142. The molecule has 216 valence electrons. The Hall–Kier alpha value is -4.50. The van der Waals surface area contributed by atoms with Crippen molar-refractivity contribution in [2.24, 2.45) is 0 Å². The van der Waals surface area contributed by atoms with Gasteiger partial charge in [-0.3, -0.25) is 9.71 Å². The van der Waals surface area contributed by atoms with E-state index < -0.39 is 21.8 Å². The highest BCUT2D eigenvalue weighted by molar-refractivity contribution is 7.93. The van der Waals surface area contributed by atoms with Gasteiger partial charge in [0.05, 0.1) is 30.5 Å². The van der Waals surface area contributed by atoms with E-state index in [0.29, 0.717) is 45.6 Å². The number of sulfonamides is 1. The van der Waals surface area contributed by atoms with Crippen molar-refractivity contribution >= 4 is 32.6 Å². The lowest BCUT2D eigenvalue weighted by Crippen LogP contribution is -2.25. The first kappa shape index (κ1) is 29.0. The molecule has 2 aromatic heterocycles. The number of carbonyl (C=O) groups excluding carboxylic acids is 1. The zero-order valence-electron chi connectivity index (χ0n) is 23.5. The number of carbonyl (C=O) groups is 1. The minimum atomic E-state index is -4.01. The highest BCUT2D eigenvalue weighted by Crippen LogP contribution is 2.28. The van der Waals surface area contributed by atoms with E-state index in [4.69, 9.17) is 18.9 Å². The predicted molar refractivity (Wildman–Crippen MR) is 156 cm³/mol. The molecule has 1 aliphatic rings. The minimum absolute atomic E-state index is 0.0227. The molecule has 0 amide bonds. The van der Waals surface area contributed by atoms with Crippen LogP contribution in [0.1, 0.15) is 41.0 Å². The summed E-state index contributed by atoms with van der Waals surface area (Å²) in [5, 5.41) is 0.716. The fraction of sp³-hybridized carbons (Fsp3) is 0.258. The lowest BCUT2D eigenvalue weighted by atomic mass is 10.1. The number of methoxy groups -OCH3 is 1. The maximum absolute atomic E-state index is 13.5. The lowest BCUT2D eigenvalue weighted by Gasteiger charge is -2.17. The van der Waals surface area contributed by atoms with Crippen LogP contribution < -0.4 is 9.46 Å². The molecule has 1 atom stereocenters. The quantitative estimate of drug-likeness (QED) is 0.246. The van der Waals surface area contributed by atoms with Gasteiger partial charge in [0.1, 0.15) is 23.4 Å². The molecule has 1 fully saturated rings. The molecule has 11 heteroatoms. The van der Waals surface area contributed by atoms with Gasteiger partial charge in [0.15, 0.2) is 11.5 Å². The molecule has 2 aromatic carbocycles. The Morgan fingerprint density at radius 3 is 2.64 bits per heavy atom. The second-order valence-electron chi connectivity index (χ2n) is 10.0. The summed E-state index contributed by atoms with van der Waals surface area (Å²) >= 11 is 0. The van der Waals surface area contributed by atoms with Crippen LogP contribution in [0, 0.1) is 18.8 Å². The summed E-state index contributed by atoms with van der Waals surface area (Å²) in [5.41, 5.74) is 2.12. The van der Waals surface area contributed by atoms with Crippen LogP contribution in [0.3, 0.4) is 0 Å². The number of ether oxygens (including phenoxy) is 4. The van der Waals surface area contributed by atoms with E-state index in [0.717, 1.165) is 0 Å². The normalized spacial score (nSPS) is 16.0. The van der Waals surface area contributed by atoms with E-state index in [-0.39, 0.29) is 23.3 Å². The Morgan fingerprint density at radius 2 is 1.88 bits per heavy atom. The number of hydrogen-bond acceptors (Lipinski definition) is 9. The van der Waals surface area contributed by atoms with Gasteiger partial charge in [0.25, 0.3) is 10.0 Å². The van der Waals surface area contributed by atoms with Gasteiger partial charge in [0.2, 0.25) is 0 Å². The average Bonchev–Trinajstić information content (AvgIpc) is 3.33. The average molecular weight is 588 g/mol. The number of nitrogens with zero attached hydrogens (tertiary/aromatic N) is 2. The molecule has 42 heavy (non-hydrogen) atoms. The number of aryl methyl sites for hydroxylation is 1. The summed E-state index contributed by atoms with van der Waals surface area (Å²) in [6.07, 6.45) is 2.60. The van der Waals surface area contributed by atoms with E-state index in [1.54, 1.807) is 63.4 Å². The third-order valence-electron chi connectivity index (χ3n) is 6.46. The molecule has 3 heterocycles. The number of rotatable bonds is 7. The summed E-state index contributed by atoms with van der Waals surface area (Å²) in [6.45, 7) is 5.65. The number of nitrogens with one attached hydrogen (secondary N) is 1. The Labute approximate surface area is 244 Å². The smallest absolute Gasteiger partial charge is 0.357 e. The highest BCUT2D eigenvalue weighted by Gasteiger charge is 2.33. The second kappa shape index (κ2) is 11.8. The number of pyridine rings is 2. The number of esters is 1. The Balaban J connectivity index is 1.36. The van der Waals surface area contributed by atoms with Gasteiger partial charge in [0, 0.05) is 29.4 Å². The Bertz CT molecular complexity index is 1830. The third-order valence-corrected chi connectivity index (χ3v) is 8.00. The summed E-state index contributed by atoms with van der Waals surface area (Å²) in [7, 11) is -2.56. The first-order valence-corrected chi connectivity index (χ1v) is 14.6. The van der Waals surface area contributed by atoms with Gasteiger partial charge in [-0.15, -0.1) is 0 Å². The van der Waals surface area contributed by atoms with Crippen molar-refractivity contribution in [1.29, 1.82) is 0 Å². The molecular weight excluding hydrogens is 558 g/mol. The maximum Gasteiger partial charge on any atom is 0.357 e. The summed E-state index contributed by atoms with van der Waals surface area (Å²) in [4.78, 5) is 21.2. The van der Waals surface area contributed by atoms with Crippen molar-refractivity contribution in [1.82, 2.24) is 9.97 Å². The molecule has 0 spiro atoms. The van der Waals surface area contributed by atoms with Crippen LogP contribution in [0.25, 0.3) is 10.9 Å². The number of benzene rings is 2. The highest BCUT2D eigenvalue weighted by atomic mass is 32.2. The molecule has 1 saturated heterocycles. The first-order valence-electron chi connectivity index (χ1n) is 13.1. The van der Waals surface area contributed by atoms with Crippen LogP contribution in [0.4, 0.5) is 5.69 Å². The van der Waals surface area contributed by atoms with E-state index in [9.17, 15) is 13.2 Å². The largest absolute Gasteiger partial charge is 0.495 e. The molecule has 10 nitrogen and oxygen atoms in total. The van der Waals surface area contributed by atoms with Crippen molar-refractivity contribution in [3.05, 3.63) is 89.4 Å². The molecular formula is C31H29N3O7S. The van der Waals surface area contributed by atoms with Gasteiger partial charge < -0.3 is 18.9 Å². The molecule has 0 bridgehead atoms. The molecule has 5 rings (SSSR count). The summed E-state index contributed by atoms with van der Waals surface area (Å²) in [5.74, 6) is 4.90. The SMILES string of the molecule is COc1cc(C(=O)OCC2COC(C)(C)O2)ncc1C#Cc1ccccc1NS(=O)(=O)c1c(C)ccc2cccnc12. The molecule has 4 aromatic rings. The number of hydrogen-bond donors (Lipinski definition) is 1. The van der Waals surface area contributed by atoms with Gasteiger partial charge in [-0.1, -0.05) is 42.2 Å². The zero-order chi connectivity index (χ0) is 29.9. The van der Waals surface area contributed by atoms with Gasteiger partial charge >= 0.3 is 5.97 Å². The number of fused-ring (bicyclic) bond motifs is 1. The zero-order valence-corrected chi connectivity index (χ0v) is 24.3. The maximum atomic E-state index is 13.5. The molecule has 0 aliphatic carbocycles. The van der Waals surface area contributed by atoms with E-state index in [1.165, 1.54) is 19.4 Å². The van der Waals surface area contributed by atoms with Gasteiger partial charge in [-0.05, 0) is 44.5 Å². The fourth-order valence-corrected chi connectivity index (χ4v) is 5.96. The first-order chi connectivity index (χ1) is 20.1. The number of anilines is 1. The van der Waals surface area contributed by atoms with Gasteiger partial charge in [-0.2, -0.15) is 0 Å². The molecule has 1 unspecified atom stereocenters. The minimum Gasteiger partial charge on any atom is -0.495 e. The number of para-hydroxylation sites is 1. The summed E-state index contributed by atoms with van der Waals surface area (Å²) < 4.78 is 51.7. The third kappa shape index (κ3) is 6.36. The Morgan fingerprint density at radius 1 is 1.10 bits per heavy atom. The standard InChI is InChI=1S/C31H29N3O7S/c1-20-11-12-22-9-7-15-32-28(22)29(20)42(36,37)34-25-10-6-5-8-21(25)13-14-23-17-33-26(16-27(23)38-4)30(35)39-18-24-19-40-31(2,3)41-24/h5-12,15-17,24,34H,18-19H2,1-4H3. The second-order valence-corrected chi connectivity index (χ2v) is 11.6. The van der Waals surface area contributed by atoms with Crippen molar-refractivity contribution in [3.63, 3.8) is 0 Å². The van der Waals surface area contributed by atoms with Crippen LogP contribution in [-0.2, 0) is 24.2 Å². The monoisotopic (exact) mass is 587 g/mol.